The average Bonchev–Trinajstić information content (AvgIpc) is 1.78. The molecule has 1 saturated heterocycles. The molecular formula is C5H14N2OS. The highest BCUT2D eigenvalue weighted by molar-refractivity contribution is 8.27. The predicted octanol–water partition coefficient (Wildman–Crippen LogP) is 0.0831. The minimum absolute atomic E-state index is 0.781. The summed E-state index contributed by atoms with van der Waals surface area (Å²) in [5, 5.41) is 5.55. The first kappa shape index (κ1) is 7.34. The van der Waals surface area contributed by atoms with E-state index in [4.69, 9.17) is 5.14 Å². The van der Waals surface area contributed by atoms with E-state index in [-0.39, 0.29) is 0 Å². The minimum Gasteiger partial charge on any atom is -0.338 e. The van der Waals surface area contributed by atoms with Gasteiger partial charge in [-0.25, -0.2) is 0 Å². The Morgan fingerprint density at radius 3 is 2.22 bits per heavy atom. The maximum Gasteiger partial charge on any atom is 0.0239 e. The molecule has 0 radical (unpaired) electrons. The van der Waals surface area contributed by atoms with E-state index in [1.165, 1.54) is 0 Å². The van der Waals surface area contributed by atoms with E-state index in [1.807, 2.05) is 0 Å². The summed E-state index contributed by atoms with van der Waals surface area (Å²) in [6, 6.07) is 0. The highest BCUT2D eigenvalue weighted by Crippen LogP contribution is 2.35. The molecule has 56 valence electrons. The van der Waals surface area contributed by atoms with Crippen molar-refractivity contribution in [2.24, 2.45) is 5.14 Å². The van der Waals surface area contributed by atoms with E-state index in [0.717, 1.165) is 24.6 Å². The molecule has 0 bridgehead atoms. The van der Waals surface area contributed by atoms with Crippen LogP contribution in [0.25, 0.3) is 0 Å². The Hall–Kier alpha value is 0.230. The Morgan fingerprint density at radius 2 is 1.89 bits per heavy atom. The number of rotatable bonds is 0. The maximum absolute atomic E-state index is 9.33. The largest absolute Gasteiger partial charge is 0.338 e. The number of nitrogens with two attached hydrogens (primary N) is 1. The van der Waals surface area contributed by atoms with Gasteiger partial charge in [-0.15, -0.1) is 0 Å². The van der Waals surface area contributed by atoms with Crippen molar-refractivity contribution in [1.29, 1.82) is 0 Å². The van der Waals surface area contributed by atoms with E-state index in [2.05, 4.69) is 11.9 Å². The van der Waals surface area contributed by atoms with Gasteiger partial charge in [-0.3, -0.25) is 5.14 Å². The van der Waals surface area contributed by atoms with Crippen LogP contribution < -0.4 is 5.14 Å². The first-order chi connectivity index (χ1) is 4.10. The van der Waals surface area contributed by atoms with Crippen LogP contribution in [0, 0.1) is 0 Å². The molecule has 0 aliphatic carbocycles. The van der Waals surface area contributed by atoms with Crippen LogP contribution in [0.2, 0.25) is 0 Å². The first-order valence-electron chi connectivity index (χ1n) is 3.08. The SMILES string of the molecule is CN1CCS(N)(O)CC1. The lowest BCUT2D eigenvalue weighted by Gasteiger charge is -2.37. The van der Waals surface area contributed by atoms with E-state index >= 15 is 0 Å². The van der Waals surface area contributed by atoms with Crippen molar-refractivity contribution in [3.63, 3.8) is 0 Å². The number of hydrogen-bond donors (Lipinski definition) is 2. The van der Waals surface area contributed by atoms with Gasteiger partial charge in [0.15, 0.2) is 0 Å². The van der Waals surface area contributed by atoms with Crippen molar-refractivity contribution in [3.05, 3.63) is 0 Å². The monoisotopic (exact) mass is 150 g/mol. The molecule has 4 heteroatoms. The summed E-state index contributed by atoms with van der Waals surface area (Å²) in [7, 11) is 0.393. The van der Waals surface area contributed by atoms with Crippen LogP contribution in [0.4, 0.5) is 0 Å². The van der Waals surface area contributed by atoms with Gasteiger partial charge in [0.25, 0.3) is 0 Å². The molecule has 0 unspecified atom stereocenters. The number of hydrogen-bond acceptors (Lipinski definition) is 3. The number of nitrogens with zero attached hydrogens (tertiary/aromatic N) is 1. The Bertz CT molecular complexity index is 97.1. The van der Waals surface area contributed by atoms with Crippen molar-refractivity contribution >= 4 is 10.5 Å². The highest BCUT2D eigenvalue weighted by atomic mass is 32.3. The first-order valence-corrected chi connectivity index (χ1v) is 5.07. The topological polar surface area (TPSA) is 49.5 Å². The Balaban J connectivity index is 2.35. The summed E-state index contributed by atoms with van der Waals surface area (Å²) in [6.07, 6.45) is 0. The molecule has 0 amide bonds. The molecule has 0 spiro atoms. The molecule has 3 N–H and O–H groups in total. The molecule has 1 rings (SSSR count). The van der Waals surface area contributed by atoms with Crippen molar-refractivity contribution in [1.82, 2.24) is 4.90 Å². The van der Waals surface area contributed by atoms with Crippen LogP contribution in [0.5, 0.6) is 0 Å². The van der Waals surface area contributed by atoms with Gasteiger partial charge in [0.1, 0.15) is 0 Å². The van der Waals surface area contributed by atoms with Gasteiger partial charge in [0.2, 0.25) is 0 Å². The van der Waals surface area contributed by atoms with E-state index in [0.29, 0.717) is 0 Å². The van der Waals surface area contributed by atoms with E-state index in [9.17, 15) is 4.55 Å². The quantitative estimate of drug-likeness (QED) is 0.514. The zero-order valence-electron chi connectivity index (χ0n) is 5.71. The lowest BCUT2D eigenvalue weighted by molar-refractivity contribution is 0.360. The molecule has 1 aliphatic heterocycles. The summed E-state index contributed by atoms with van der Waals surface area (Å²) < 4.78 is 9.33. The van der Waals surface area contributed by atoms with Crippen LogP contribution in [-0.4, -0.2) is 41.1 Å². The van der Waals surface area contributed by atoms with Crippen molar-refractivity contribution in [3.8, 4) is 0 Å². The molecule has 0 aromatic heterocycles. The molecule has 9 heavy (non-hydrogen) atoms. The van der Waals surface area contributed by atoms with Crippen LogP contribution in [0.15, 0.2) is 0 Å². The van der Waals surface area contributed by atoms with E-state index in [1.54, 1.807) is 0 Å². The summed E-state index contributed by atoms with van der Waals surface area (Å²) in [6.45, 7) is 1.89. The molecule has 1 heterocycles. The van der Waals surface area contributed by atoms with Crippen molar-refractivity contribution in [2.45, 2.75) is 0 Å². The third-order valence-electron chi connectivity index (χ3n) is 1.65. The molecule has 1 fully saturated rings. The fraction of sp³-hybridized carbons (Fsp3) is 1.00. The molecule has 0 saturated carbocycles. The Kier molecular flexibility index (Phi) is 2.00. The highest BCUT2D eigenvalue weighted by Gasteiger charge is 2.20. The molecule has 3 nitrogen and oxygen atoms in total. The average molecular weight is 150 g/mol. The lowest BCUT2D eigenvalue weighted by Crippen LogP contribution is -2.38. The van der Waals surface area contributed by atoms with Gasteiger partial charge in [-0.05, 0) is 7.05 Å². The molecule has 0 aromatic carbocycles. The van der Waals surface area contributed by atoms with Gasteiger partial charge < -0.3 is 9.45 Å². The Labute approximate surface area is 57.5 Å². The minimum atomic E-state index is -1.66. The third-order valence-corrected chi connectivity index (χ3v) is 3.43. The fourth-order valence-corrected chi connectivity index (χ4v) is 2.30. The van der Waals surface area contributed by atoms with Gasteiger partial charge in [0, 0.05) is 24.6 Å². The second-order valence-electron chi connectivity index (χ2n) is 2.61. The van der Waals surface area contributed by atoms with Gasteiger partial charge >= 0.3 is 0 Å². The van der Waals surface area contributed by atoms with Crippen LogP contribution in [0.3, 0.4) is 0 Å². The summed E-state index contributed by atoms with van der Waals surface area (Å²) >= 11 is 0. The summed E-state index contributed by atoms with van der Waals surface area (Å²) in [5.74, 6) is 1.56. The standard InChI is InChI=1S/C5H14N2OS/c1-7-2-4-9(6,8)5-3-7/h8H,2-6H2,1H3. The lowest BCUT2D eigenvalue weighted by atomic mass is 10.6. The smallest absolute Gasteiger partial charge is 0.0239 e. The van der Waals surface area contributed by atoms with Crippen LogP contribution >= 0.6 is 10.5 Å². The second-order valence-corrected chi connectivity index (χ2v) is 5.23. The molecular weight excluding hydrogens is 136 g/mol. The van der Waals surface area contributed by atoms with Gasteiger partial charge in [-0.1, -0.05) is 10.5 Å². The van der Waals surface area contributed by atoms with E-state index < -0.39 is 10.5 Å². The normalized spacial score (nSPS) is 31.9. The molecule has 0 aromatic rings. The van der Waals surface area contributed by atoms with Crippen molar-refractivity contribution < 1.29 is 4.55 Å². The van der Waals surface area contributed by atoms with Gasteiger partial charge in [-0.2, -0.15) is 0 Å². The maximum atomic E-state index is 9.33. The predicted molar refractivity (Wildman–Crippen MR) is 41.6 cm³/mol. The Morgan fingerprint density at radius 1 is 1.44 bits per heavy atom. The van der Waals surface area contributed by atoms with Crippen molar-refractivity contribution in [2.75, 3.05) is 31.6 Å². The van der Waals surface area contributed by atoms with Gasteiger partial charge in [0.05, 0.1) is 0 Å². The second kappa shape index (κ2) is 2.46. The van der Waals surface area contributed by atoms with Crippen LogP contribution in [-0.2, 0) is 0 Å². The third kappa shape index (κ3) is 2.14. The molecule has 0 atom stereocenters. The zero-order valence-corrected chi connectivity index (χ0v) is 6.52. The fourth-order valence-electron chi connectivity index (χ4n) is 0.842. The molecule has 1 aliphatic rings. The summed E-state index contributed by atoms with van der Waals surface area (Å²) in [4.78, 5) is 2.19. The van der Waals surface area contributed by atoms with Crippen LogP contribution in [0.1, 0.15) is 0 Å². The summed E-state index contributed by atoms with van der Waals surface area (Å²) in [5.41, 5.74) is 0. The zero-order chi connectivity index (χ0) is 6.91.